The Labute approximate surface area is 181 Å². The van der Waals surface area contributed by atoms with E-state index < -0.39 is 5.82 Å². The van der Waals surface area contributed by atoms with Gasteiger partial charge in [0, 0.05) is 18.0 Å². The van der Waals surface area contributed by atoms with Crippen molar-refractivity contribution in [3.63, 3.8) is 0 Å². The predicted molar refractivity (Wildman–Crippen MR) is 118 cm³/mol. The summed E-state index contributed by atoms with van der Waals surface area (Å²) in [7, 11) is 1.62. The van der Waals surface area contributed by atoms with Gasteiger partial charge in [0.2, 0.25) is 0 Å². The van der Waals surface area contributed by atoms with Crippen molar-refractivity contribution in [3.8, 4) is 22.6 Å². The highest BCUT2D eigenvalue weighted by Crippen LogP contribution is 2.30. The van der Waals surface area contributed by atoms with Crippen molar-refractivity contribution in [2.45, 2.75) is 6.92 Å². The summed E-state index contributed by atoms with van der Waals surface area (Å²) in [6, 6.07) is 13.6. The normalized spacial score (nSPS) is 11.4. The van der Waals surface area contributed by atoms with Crippen LogP contribution in [0.4, 0.5) is 4.39 Å². The Kier molecular flexibility index (Phi) is 4.48. The molecule has 2 aromatic carbocycles. The molecular formula is C23H16ClFN4O2. The SMILES string of the molecule is COc1ccc(-c2c(C)nn3c2ncc2c(=O)n(-c4ccc(F)c(Cl)c4)ccc23)cc1. The molecule has 154 valence electrons. The van der Waals surface area contributed by atoms with E-state index in [2.05, 4.69) is 10.1 Å². The maximum absolute atomic E-state index is 13.5. The van der Waals surface area contributed by atoms with Gasteiger partial charge in [0.25, 0.3) is 5.56 Å². The van der Waals surface area contributed by atoms with Crippen molar-refractivity contribution in [1.29, 1.82) is 0 Å². The Morgan fingerprint density at radius 3 is 2.58 bits per heavy atom. The van der Waals surface area contributed by atoms with E-state index in [4.69, 9.17) is 16.3 Å². The average Bonchev–Trinajstić information content (AvgIpc) is 3.12. The van der Waals surface area contributed by atoms with Gasteiger partial charge in [-0.15, -0.1) is 0 Å². The number of hydrogen-bond acceptors (Lipinski definition) is 4. The Morgan fingerprint density at radius 2 is 1.87 bits per heavy atom. The number of aryl methyl sites for hydroxylation is 1. The number of pyridine rings is 1. The highest BCUT2D eigenvalue weighted by atomic mass is 35.5. The largest absolute Gasteiger partial charge is 0.497 e. The van der Waals surface area contributed by atoms with Gasteiger partial charge in [-0.25, -0.2) is 13.9 Å². The fraction of sp³-hybridized carbons (Fsp3) is 0.0870. The van der Waals surface area contributed by atoms with Crippen LogP contribution in [0.5, 0.6) is 5.75 Å². The van der Waals surface area contributed by atoms with Crippen molar-refractivity contribution in [3.05, 3.63) is 87.8 Å². The fourth-order valence-corrected chi connectivity index (χ4v) is 3.88. The van der Waals surface area contributed by atoms with Crippen LogP contribution in [-0.2, 0) is 0 Å². The highest BCUT2D eigenvalue weighted by molar-refractivity contribution is 6.30. The molecule has 8 heteroatoms. The quantitative estimate of drug-likeness (QED) is 0.409. The summed E-state index contributed by atoms with van der Waals surface area (Å²) < 4.78 is 21.8. The van der Waals surface area contributed by atoms with Crippen LogP contribution in [0.25, 0.3) is 33.4 Å². The van der Waals surface area contributed by atoms with Gasteiger partial charge in [0.1, 0.15) is 11.6 Å². The molecule has 3 aromatic heterocycles. The van der Waals surface area contributed by atoms with Gasteiger partial charge in [-0.2, -0.15) is 5.10 Å². The number of aromatic nitrogens is 4. The molecule has 0 aliphatic heterocycles. The summed E-state index contributed by atoms with van der Waals surface area (Å²) >= 11 is 5.89. The molecule has 0 saturated heterocycles. The molecule has 5 aromatic rings. The molecular weight excluding hydrogens is 419 g/mol. The molecule has 0 aliphatic rings. The predicted octanol–water partition coefficient (Wildman–Crippen LogP) is 4.81. The molecule has 0 radical (unpaired) electrons. The van der Waals surface area contributed by atoms with E-state index in [0.29, 0.717) is 22.2 Å². The van der Waals surface area contributed by atoms with E-state index in [9.17, 15) is 9.18 Å². The molecule has 6 nitrogen and oxygen atoms in total. The maximum Gasteiger partial charge on any atom is 0.266 e. The highest BCUT2D eigenvalue weighted by Gasteiger charge is 2.17. The lowest BCUT2D eigenvalue weighted by atomic mass is 10.1. The number of rotatable bonds is 3. The summed E-state index contributed by atoms with van der Waals surface area (Å²) in [6.45, 7) is 1.90. The zero-order valence-electron chi connectivity index (χ0n) is 16.6. The summed E-state index contributed by atoms with van der Waals surface area (Å²) in [5, 5.41) is 4.97. The van der Waals surface area contributed by atoms with Crippen LogP contribution < -0.4 is 10.3 Å². The van der Waals surface area contributed by atoms with E-state index in [-0.39, 0.29) is 10.6 Å². The van der Waals surface area contributed by atoms with Gasteiger partial charge in [0.05, 0.1) is 34.4 Å². The Hall–Kier alpha value is -3.71. The molecule has 0 N–H and O–H groups in total. The minimum absolute atomic E-state index is 0.0510. The standard InChI is InChI=1S/C23H16ClFN4O2/c1-13-21(14-3-6-16(31-2)7-4-14)22-26-12-17-20(29(22)27-13)9-10-28(23(17)30)15-5-8-19(25)18(24)11-15/h3-12H,1-2H3. The van der Waals surface area contributed by atoms with Crippen molar-refractivity contribution >= 4 is 28.2 Å². The fourth-order valence-electron chi connectivity index (χ4n) is 3.71. The summed E-state index contributed by atoms with van der Waals surface area (Å²) in [4.78, 5) is 17.7. The van der Waals surface area contributed by atoms with E-state index in [1.54, 1.807) is 30.1 Å². The second-order valence-corrected chi connectivity index (χ2v) is 7.48. The van der Waals surface area contributed by atoms with Gasteiger partial charge >= 0.3 is 0 Å². The molecule has 5 rings (SSSR count). The molecule has 31 heavy (non-hydrogen) atoms. The van der Waals surface area contributed by atoms with E-state index in [1.807, 2.05) is 31.2 Å². The monoisotopic (exact) mass is 434 g/mol. The number of hydrogen-bond donors (Lipinski definition) is 0. The van der Waals surface area contributed by atoms with Crippen molar-refractivity contribution < 1.29 is 9.13 Å². The molecule has 0 bridgehead atoms. The molecule has 0 spiro atoms. The summed E-state index contributed by atoms with van der Waals surface area (Å²) in [5.74, 6) is 0.221. The number of nitrogens with zero attached hydrogens (tertiary/aromatic N) is 4. The van der Waals surface area contributed by atoms with Crippen molar-refractivity contribution in [2.24, 2.45) is 0 Å². The molecule has 0 unspecified atom stereocenters. The lowest BCUT2D eigenvalue weighted by Gasteiger charge is -2.09. The Balaban J connectivity index is 1.71. The minimum atomic E-state index is -0.541. The lowest BCUT2D eigenvalue weighted by molar-refractivity contribution is 0.415. The molecule has 0 atom stereocenters. The van der Waals surface area contributed by atoms with Crippen LogP contribution in [0, 0.1) is 12.7 Å². The van der Waals surface area contributed by atoms with Gasteiger partial charge in [-0.3, -0.25) is 9.36 Å². The number of halogens is 2. The van der Waals surface area contributed by atoms with Crippen LogP contribution in [0.15, 0.2) is 65.7 Å². The zero-order chi connectivity index (χ0) is 21.7. The lowest BCUT2D eigenvalue weighted by Crippen LogP contribution is -2.19. The van der Waals surface area contributed by atoms with E-state index in [1.165, 1.54) is 22.8 Å². The second-order valence-electron chi connectivity index (χ2n) is 7.07. The first-order valence-electron chi connectivity index (χ1n) is 9.47. The summed E-state index contributed by atoms with van der Waals surface area (Å²) in [6.07, 6.45) is 3.17. The maximum atomic E-state index is 13.5. The van der Waals surface area contributed by atoms with Crippen LogP contribution in [0.3, 0.4) is 0 Å². The number of benzene rings is 2. The third kappa shape index (κ3) is 3.05. The van der Waals surface area contributed by atoms with Crippen LogP contribution >= 0.6 is 11.6 Å². The minimum Gasteiger partial charge on any atom is -0.497 e. The number of fused-ring (bicyclic) bond motifs is 3. The zero-order valence-corrected chi connectivity index (χ0v) is 17.4. The van der Waals surface area contributed by atoms with Gasteiger partial charge in [0.15, 0.2) is 5.65 Å². The number of methoxy groups -OCH3 is 1. The van der Waals surface area contributed by atoms with Crippen LogP contribution in [0.1, 0.15) is 5.69 Å². The third-order valence-corrected chi connectivity index (χ3v) is 5.54. The van der Waals surface area contributed by atoms with Crippen LogP contribution in [0.2, 0.25) is 5.02 Å². The van der Waals surface area contributed by atoms with E-state index >= 15 is 0 Å². The number of ether oxygens (including phenoxy) is 1. The first kappa shape index (κ1) is 19.3. The topological polar surface area (TPSA) is 61.4 Å². The van der Waals surface area contributed by atoms with Crippen molar-refractivity contribution in [2.75, 3.05) is 7.11 Å². The van der Waals surface area contributed by atoms with Gasteiger partial charge < -0.3 is 4.74 Å². The van der Waals surface area contributed by atoms with Crippen LogP contribution in [-0.4, -0.2) is 26.3 Å². The third-order valence-electron chi connectivity index (χ3n) is 5.25. The molecule has 0 fully saturated rings. The Morgan fingerprint density at radius 1 is 1.10 bits per heavy atom. The van der Waals surface area contributed by atoms with Gasteiger partial charge in [-0.1, -0.05) is 23.7 Å². The first-order valence-corrected chi connectivity index (χ1v) is 9.85. The molecule has 0 amide bonds. The summed E-state index contributed by atoms with van der Waals surface area (Å²) in [5.41, 5.74) is 4.08. The molecule has 0 saturated carbocycles. The second kappa shape index (κ2) is 7.21. The smallest absolute Gasteiger partial charge is 0.266 e. The molecule has 0 aliphatic carbocycles. The average molecular weight is 435 g/mol. The first-order chi connectivity index (χ1) is 15.0. The van der Waals surface area contributed by atoms with E-state index in [0.717, 1.165) is 22.6 Å². The Bertz CT molecular complexity index is 1520. The van der Waals surface area contributed by atoms with Crippen molar-refractivity contribution in [1.82, 2.24) is 19.2 Å². The molecule has 3 heterocycles. The van der Waals surface area contributed by atoms with Gasteiger partial charge in [-0.05, 0) is 48.9 Å².